The van der Waals surface area contributed by atoms with Crippen LogP contribution in [0.2, 0.25) is 0 Å². The SMILES string of the molecule is COc1cc([C@](O)(CCN(C)C)[C@@H](c2cc3cc(Br)ccc3nc2OC)c2cccc(OC)c2F)cc(OC(F)F)n1. The van der Waals surface area contributed by atoms with Crippen LogP contribution in [0.5, 0.6) is 23.4 Å². The Morgan fingerprint density at radius 2 is 1.67 bits per heavy atom. The highest BCUT2D eigenvalue weighted by Gasteiger charge is 2.44. The van der Waals surface area contributed by atoms with Crippen molar-refractivity contribution in [2.24, 2.45) is 0 Å². The molecule has 0 amide bonds. The van der Waals surface area contributed by atoms with Crippen molar-refractivity contribution in [3.63, 3.8) is 0 Å². The molecule has 0 bridgehead atoms. The summed E-state index contributed by atoms with van der Waals surface area (Å²) in [5, 5.41) is 13.6. The zero-order valence-electron chi connectivity index (χ0n) is 23.7. The van der Waals surface area contributed by atoms with Gasteiger partial charge in [0.2, 0.25) is 17.6 Å². The smallest absolute Gasteiger partial charge is 0.388 e. The number of ether oxygens (including phenoxy) is 4. The number of rotatable bonds is 12. The molecule has 0 aliphatic carbocycles. The molecule has 2 atom stereocenters. The zero-order chi connectivity index (χ0) is 30.6. The molecule has 0 saturated carbocycles. The minimum Gasteiger partial charge on any atom is -0.494 e. The van der Waals surface area contributed by atoms with Gasteiger partial charge in [0.1, 0.15) is 5.60 Å². The van der Waals surface area contributed by atoms with Gasteiger partial charge < -0.3 is 29.0 Å². The zero-order valence-corrected chi connectivity index (χ0v) is 25.3. The van der Waals surface area contributed by atoms with E-state index in [1.165, 1.54) is 45.6 Å². The van der Waals surface area contributed by atoms with Crippen molar-refractivity contribution < 1.29 is 37.2 Å². The number of fused-ring (bicyclic) bond motifs is 1. The quantitative estimate of drug-likeness (QED) is 0.196. The first kappa shape index (κ1) is 31.3. The van der Waals surface area contributed by atoms with Crippen LogP contribution in [-0.4, -0.2) is 68.6 Å². The third-order valence-corrected chi connectivity index (χ3v) is 7.41. The summed E-state index contributed by atoms with van der Waals surface area (Å²) in [6.07, 6.45) is 0.0161. The van der Waals surface area contributed by atoms with Gasteiger partial charge in [-0.25, -0.2) is 9.37 Å². The van der Waals surface area contributed by atoms with E-state index in [1.807, 2.05) is 31.1 Å². The lowest BCUT2D eigenvalue weighted by atomic mass is 9.71. The molecule has 0 radical (unpaired) electrons. The number of aliphatic hydroxyl groups is 1. The van der Waals surface area contributed by atoms with Crippen LogP contribution in [0.1, 0.15) is 29.0 Å². The molecule has 0 aliphatic rings. The molecule has 0 saturated heterocycles. The lowest BCUT2D eigenvalue weighted by Gasteiger charge is -2.39. The molecule has 8 nitrogen and oxygen atoms in total. The number of alkyl halides is 2. The predicted molar refractivity (Wildman–Crippen MR) is 155 cm³/mol. The average molecular weight is 650 g/mol. The minimum atomic E-state index is -3.18. The van der Waals surface area contributed by atoms with Crippen LogP contribution in [0.25, 0.3) is 10.9 Å². The number of aromatic nitrogens is 2. The number of benzene rings is 2. The fraction of sp³-hybridized carbons (Fsp3) is 0.333. The summed E-state index contributed by atoms with van der Waals surface area (Å²) in [7, 11) is 7.71. The first-order valence-electron chi connectivity index (χ1n) is 12.9. The van der Waals surface area contributed by atoms with E-state index >= 15 is 4.39 Å². The van der Waals surface area contributed by atoms with Crippen molar-refractivity contribution in [3.8, 4) is 23.4 Å². The monoisotopic (exact) mass is 649 g/mol. The van der Waals surface area contributed by atoms with Crippen molar-refractivity contribution >= 4 is 26.8 Å². The Morgan fingerprint density at radius 1 is 0.929 bits per heavy atom. The van der Waals surface area contributed by atoms with Crippen LogP contribution >= 0.6 is 15.9 Å². The van der Waals surface area contributed by atoms with Gasteiger partial charge in [-0.15, -0.1) is 0 Å². The Hall–Kier alpha value is -3.61. The molecular formula is C30H31BrF3N3O5. The Morgan fingerprint density at radius 3 is 2.31 bits per heavy atom. The number of hydrogen-bond acceptors (Lipinski definition) is 8. The summed E-state index contributed by atoms with van der Waals surface area (Å²) in [6, 6.07) is 14.4. The summed E-state index contributed by atoms with van der Waals surface area (Å²) >= 11 is 3.48. The van der Waals surface area contributed by atoms with Crippen molar-refractivity contribution in [1.82, 2.24) is 14.9 Å². The van der Waals surface area contributed by atoms with Crippen LogP contribution < -0.4 is 18.9 Å². The minimum absolute atomic E-state index is 0.0161. The molecule has 1 N–H and O–H groups in total. The second-order valence-electron chi connectivity index (χ2n) is 9.81. The lowest BCUT2D eigenvalue weighted by Crippen LogP contribution is -2.38. The number of nitrogens with zero attached hydrogens (tertiary/aromatic N) is 3. The van der Waals surface area contributed by atoms with Crippen LogP contribution in [0, 0.1) is 5.82 Å². The second-order valence-corrected chi connectivity index (χ2v) is 10.7. The van der Waals surface area contributed by atoms with E-state index < -0.39 is 29.8 Å². The van der Waals surface area contributed by atoms with E-state index in [4.69, 9.17) is 14.2 Å². The summed E-state index contributed by atoms with van der Waals surface area (Å²) < 4.78 is 64.4. The van der Waals surface area contributed by atoms with Gasteiger partial charge in [-0.05, 0) is 56.4 Å². The van der Waals surface area contributed by atoms with E-state index in [1.54, 1.807) is 18.2 Å². The lowest BCUT2D eigenvalue weighted by molar-refractivity contribution is -0.0538. The highest BCUT2D eigenvalue weighted by atomic mass is 79.9. The maximum Gasteiger partial charge on any atom is 0.388 e. The molecule has 0 spiro atoms. The van der Waals surface area contributed by atoms with Crippen molar-refractivity contribution in [2.75, 3.05) is 42.0 Å². The topological polar surface area (TPSA) is 86.2 Å². The second kappa shape index (κ2) is 13.1. The maximum absolute atomic E-state index is 16.2. The Labute approximate surface area is 250 Å². The van der Waals surface area contributed by atoms with Crippen molar-refractivity contribution in [1.29, 1.82) is 0 Å². The standard InChI is InChI=1S/C30H31BrF3N3O5/c1-37(2)12-11-30(38,18-15-24(40-4)36-25(16-18)42-29(33)34)26(20-7-6-8-23(39-3)27(20)32)21-14-17-13-19(31)9-10-22(17)35-28(21)41-5/h6-10,13-16,26,29,38H,11-12H2,1-5H3/t26-,30-/m1/s1. The summed E-state index contributed by atoms with van der Waals surface area (Å²) in [5.74, 6) is -2.36. The Balaban J connectivity index is 2.11. The molecule has 2 aromatic heterocycles. The number of hydrogen-bond donors (Lipinski definition) is 1. The molecule has 224 valence electrons. The Bertz CT molecular complexity index is 1560. The molecule has 0 aliphatic heterocycles. The first-order valence-corrected chi connectivity index (χ1v) is 13.6. The molecule has 12 heteroatoms. The molecular weight excluding hydrogens is 619 g/mol. The number of halogens is 4. The maximum atomic E-state index is 16.2. The van der Waals surface area contributed by atoms with Gasteiger partial charge >= 0.3 is 6.61 Å². The number of methoxy groups -OCH3 is 3. The highest BCUT2D eigenvalue weighted by Crippen LogP contribution is 2.49. The molecule has 2 aromatic carbocycles. The normalized spacial score (nSPS) is 13.7. The fourth-order valence-electron chi connectivity index (χ4n) is 4.94. The third kappa shape index (κ3) is 6.55. The van der Waals surface area contributed by atoms with E-state index in [0.717, 1.165) is 4.47 Å². The van der Waals surface area contributed by atoms with Gasteiger partial charge in [0, 0.05) is 39.7 Å². The van der Waals surface area contributed by atoms with E-state index in [-0.39, 0.29) is 35.1 Å². The van der Waals surface area contributed by atoms with Crippen LogP contribution in [0.15, 0.2) is 59.1 Å². The molecule has 0 fully saturated rings. The van der Waals surface area contributed by atoms with Crippen molar-refractivity contribution in [3.05, 3.63) is 81.6 Å². The van der Waals surface area contributed by atoms with Gasteiger partial charge in [0.15, 0.2) is 11.6 Å². The molecule has 42 heavy (non-hydrogen) atoms. The average Bonchev–Trinajstić information content (AvgIpc) is 2.96. The summed E-state index contributed by atoms with van der Waals surface area (Å²) in [6.45, 7) is -2.86. The summed E-state index contributed by atoms with van der Waals surface area (Å²) in [4.78, 5) is 10.5. The largest absolute Gasteiger partial charge is 0.494 e. The van der Waals surface area contributed by atoms with E-state index in [9.17, 15) is 13.9 Å². The fourth-order valence-corrected chi connectivity index (χ4v) is 5.32. The summed E-state index contributed by atoms with van der Waals surface area (Å²) in [5.41, 5.74) is -0.835. The van der Waals surface area contributed by atoms with Crippen molar-refractivity contribution in [2.45, 2.75) is 24.6 Å². The van der Waals surface area contributed by atoms with Gasteiger partial charge in [-0.2, -0.15) is 13.8 Å². The number of pyridine rings is 2. The van der Waals surface area contributed by atoms with E-state index in [0.29, 0.717) is 23.0 Å². The third-order valence-electron chi connectivity index (χ3n) is 6.91. The van der Waals surface area contributed by atoms with Gasteiger partial charge in [0.25, 0.3) is 0 Å². The molecule has 4 rings (SSSR count). The molecule has 4 aromatic rings. The van der Waals surface area contributed by atoms with E-state index in [2.05, 4.69) is 30.6 Å². The van der Waals surface area contributed by atoms with Crippen LogP contribution in [0.4, 0.5) is 13.2 Å². The molecule has 0 unspecified atom stereocenters. The van der Waals surface area contributed by atoms with Crippen LogP contribution in [-0.2, 0) is 5.60 Å². The predicted octanol–water partition coefficient (Wildman–Crippen LogP) is 6.13. The van der Waals surface area contributed by atoms with Gasteiger partial charge in [0.05, 0.1) is 32.8 Å². The van der Waals surface area contributed by atoms with Gasteiger partial charge in [-0.3, -0.25) is 0 Å². The van der Waals surface area contributed by atoms with Crippen LogP contribution in [0.3, 0.4) is 0 Å². The Kier molecular flexibility index (Phi) is 9.80. The molecule has 2 heterocycles. The first-order chi connectivity index (χ1) is 20.0. The highest BCUT2D eigenvalue weighted by molar-refractivity contribution is 9.10. The van der Waals surface area contributed by atoms with Gasteiger partial charge in [-0.1, -0.05) is 28.1 Å².